The summed E-state index contributed by atoms with van der Waals surface area (Å²) in [6.07, 6.45) is -1.96. The molecule has 1 amide bonds. The average molecular weight is 413 g/mol. The Morgan fingerprint density at radius 2 is 1.87 bits per heavy atom. The lowest BCUT2D eigenvalue weighted by molar-refractivity contribution is -0.274. The minimum Gasteiger partial charge on any atom is -0.406 e. The predicted octanol–water partition coefficient (Wildman–Crippen LogP) is 4.36. The molecule has 2 heterocycles. The molecule has 0 radical (unpaired) electrons. The van der Waals surface area contributed by atoms with Gasteiger partial charge in [0.05, 0.1) is 0 Å². The van der Waals surface area contributed by atoms with E-state index in [2.05, 4.69) is 9.72 Å². The molecule has 1 aliphatic heterocycles. The number of carbonyl (C=O) groups is 1. The van der Waals surface area contributed by atoms with Gasteiger partial charge in [-0.15, -0.1) is 13.2 Å². The van der Waals surface area contributed by atoms with Crippen molar-refractivity contribution in [3.05, 3.63) is 83.0 Å². The summed E-state index contributed by atoms with van der Waals surface area (Å²) in [5, 5.41) is 0. The van der Waals surface area contributed by atoms with Crippen LogP contribution in [-0.4, -0.2) is 23.8 Å². The smallest absolute Gasteiger partial charge is 0.406 e. The highest BCUT2D eigenvalue weighted by Crippen LogP contribution is 2.35. The fraction of sp³-hybridized carbons (Fsp3) is 0.182. The van der Waals surface area contributed by atoms with Crippen LogP contribution in [0, 0.1) is 0 Å². The van der Waals surface area contributed by atoms with E-state index in [1.54, 1.807) is 24.4 Å². The SMILES string of the molecule is NC(=O)c1cccc2c1CCN2c1cc(Cc2cccc(OC(F)(F)F)c2)ccn1. The second-order valence-corrected chi connectivity index (χ2v) is 6.96. The number of primary amides is 1. The van der Waals surface area contributed by atoms with Gasteiger partial charge in [-0.05, 0) is 65.9 Å². The van der Waals surface area contributed by atoms with Crippen molar-refractivity contribution in [2.45, 2.75) is 19.2 Å². The molecule has 0 saturated heterocycles. The average Bonchev–Trinajstić information content (AvgIpc) is 3.11. The summed E-state index contributed by atoms with van der Waals surface area (Å²) < 4.78 is 41.4. The first-order valence-electron chi connectivity index (χ1n) is 9.29. The molecule has 4 rings (SSSR count). The van der Waals surface area contributed by atoms with Crippen LogP contribution in [-0.2, 0) is 12.8 Å². The van der Waals surface area contributed by atoms with Gasteiger partial charge < -0.3 is 15.4 Å². The highest BCUT2D eigenvalue weighted by molar-refractivity contribution is 5.96. The van der Waals surface area contributed by atoms with Crippen molar-refractivity contribution in [3.63, 3.8) is 0 Å². The summed E-state index contributed by atoms with van der Waals surface area (Å²) in [5.74, 6) is -0.00587. The highest BCUT2D eigenvalue weighted by atomic mass is 19.4. The van der Waals surface area contributed by atoms with Crippen molar-refractivity contribution < 1.29 is 22.7 Å². The van der Waals surface area contributed by atoms with Crippen LogP contribution in [0.3, 0.4) is 0 Å². The van der Waals surface area contributed by atoms with Gasteiger partial charge in [0.15, 0.2) is 0 Å². The largest absolute Gasteiger partial charge is 0.573 e. The number of nitrogens with two attached hydrogens (primary N) is 1. The van der Waals surface area contributed by atoms with Crippen LogP contribution in [0.2, 0.25) is 0 Å². The molecular weight excluding hydrogens is 395 g/mol. The van der Waals surface area contributed by atoms with Gasteiger partial charge in [-0.1, -0.05) is 18.2 Å². The summed E-state index contributed by atoms with van der Waals surface area (Å²) in [6.45, 7) is 0.658. The molecule has 0 bridgehead atoms. The van der Waals surface area contributed by atoms with E-state index in [9.17, 15) is 18.0 Å². The zero-order chi connectivity index (χ0) is 21.3. The van der Waals surface area contributed by atoms with Crippen LogP contribution in [0.5, 0.6) is 5.75 Å². The minimum absolute atomic E-state index is 0.248. The highest BCUT2D eigenvalue weighted by Gasteiger charge is 2.31. The van der Waals surface area contributed by atoms with Gasteiger partial charge in [-0.3, -0.25) is 4.79 Å². The maximum atomic E-state index is 12.5. The molecule has 0 saturated carbocycles. The van der Waals surface area contributed by atoms with Crippen LogP contribution >= 0.6 is 0 Å². The van der Waals surface area contributed by atoms with Crippen molar-refractivity contribution in [1.29, 1.82) is 0 Å². The van der Waals surface area contributed by atoms with Gasteiger partial charge in [-0.2, -0.15) is 0 Å². The quantitative estimate of drug-likeness (QED) is 0.675. The molecule has 2 aromatic carbocycles. The van der Waals surface area contributed by atoms with E-state index in [0.29, 0.717) is 36.3 Å². The number of aromatic nitrogens is 1. The molecule has 0 spiro atoms. The Kier molecular flexibility index (Phi) is 5.07. The van der Waals surface area contributed by atoms with Gasteiger partial charge in [0.25, 0.3) is 0 Å². The predicted molar refractivity (Wildman–Crippen MR) is 106 cm³/mol. The zero-order valence-electron chi connectivity index (χ0n) is 15.8. The second-order valence-electron chi connectivity index (χ2n) is 6.96. The van der Waals surface area contributed by atoms with E-state index in [-0.39, 0.29) is 5.75 Å². The monoisotopic (exact) mass is 413 g/mol. The lowest BCUT2D eigenvalue weighted by Gasteiger charge is -2.19. The molecule has 30 heavy (non-hydrogen) atoms. The van der Waals surface area contributed by atoms with E-state index in [1.165, 1.54) is 18.2 Å². The first-order valence-corrected chi connectivity index (χ1v) is 9.29. The van der Waals surface area contributed by atoms with Gasteiger partial charge >= 0.3 is 6.36 Å². The Hall–Kier alpha value is -3.55. The summed E-state index contributed by atoms with van der Waals surface area (Å²) in [5.41, 5.74) is 9.35. The van der Waals surface area contributed by atoms with E-state index >= 15 is 0 Å². The maximum absolute atomic E-state index is 12.5. The standard InChI is InChI=1S/C22H18F3N3O2/c23-22(24,25)30-16-4-1-3-14(12-16)11-15-7-9-27-20(13-15)28-10-8-17-18(21(26)29)5-2-6-19(17)28/h1-7,9,12-13H,8,10-11H2,(H2,26,29). The molecule has 1 aromatic heterocycles. The molecule has 1 aliphatic rings. The molecule has 0 atom stereocenters. The lowest BCUT2D eigenvalue weighted by Crippen LogP contribution is -2.17. The minimum atomic E-state index is -4.73. The molecule has 0 fully saturated rings. The zero-order valence-corrected chi connectivity index (χ0v) is 15.8. The van der Waals surface area contributed by atoms with Crippen LogP contribution in [0.25, 0.3) is 0 Å². The van der Waals surface area contributed by atoms with E-state index < -0.39 is 12.3 Å². The fourth-order valence-electron chi connectivity index (χ4n) is 3.71. The van der Waals surface area contributed by atoms with Gasteiger partial charge in [0.2, 0.25) is 5.91 Å². The fourth-order valence-corrected chi connectivity index (χ4v) is 3.71. The number of amides is 1. The van der Waals surface area contributed by atoms with Crippen LogP contribution in [0.4, 0.5) is 24.7 Å². The summed E-state index contributed by atoms with van der Waals surface area (Å²) in [6, 6.07) is 15.0. The van der Waals surface area contributed by atoms with Gasteiger partial charge in [-0.25, -0.2) is 4.98 Å². The van der Waals surface area contributed by atoms with Crippen molar-refractivity contribution in [3.8, 4) is 5.75 Å². The van der Waals surface area contributed by atoms with E-state index in [0.717, 1.165) is 16.8 Å². The molecule has 8 heteroatoms. The summed E-state index contributed by atoms with van der Waals surface area (Å²) in [4.78, 5) is 18.1. The van der Waals surface area contributed by atoms with Crippen LogP contribution in [0.15, 0.2) is 60.8 Å². The number of nitrogens with zero attached hydrogens (tertiary/aromatic N) is 2. The number of hydrogen-bond donors (Lipinski definition) is 1. The van der Waals surface area contributed by atoms with Crippen molar-refractivity contribution in [2.24, 2.45) is 5.73 Å². The van der Waals surface area contributed by atoms with Crippen molar-refractivity contribution >= 4 is 17.4 Å². The third-order valence-corrected chi connectivity index (χ3v) is 4.92. The number of pyridine rings is 1. The number of ether oxygens (including phenoxy) is 1. The number of benzene rings is 2. The molecule has 3 aromatic rings. The third kappa shape index (κ3) is 4.22. The molecule has 5 nitrogen and oxygen atoms in total. The van der Waals surface area contributed by atoms with Gasteiger partial charge in [0.1, 0.15) is 11.6 Å². The Morgan fingerprint density at radius 1 is 1.10 bits per heavy atom. The van der Waals surface area contributed by atoms with Crippen LogP contribution in [0.1, 0.15) is 27.0 Å². The van der Waals surface area contributed by atoms with Crippen LogP contribution < -0.4 is 15.4 Å². The molecule has 154 valence electrons. The maximum Gasteiger partial charge on any atom is 0.573 e. The Balaban J connectivity index is 1.58. The normalized spacial score (nSPS) is 13.2. The summed E-state index contributed by atoms with van der Waals surface area (Å²) in [7, 11) is 0. The Labute approximate surface area is 170 Å². The summed E-state index contributed by atoms with van der Waals surface area (Å²) >= 11 is 0. The van der Waals surface area contributed by atoms with Gasteiger partial charge in [0, 0.05) is 24.0 Å². The molecule has 0 aliphatic carbocycles. The van der Waals surface area contributed by atoms with E-state index in [4.69, 9.17) is 5.73 Å². The van der Waals surface area contributed by atoms with Crippen molar-refractivity contribution in [1.82, 2.24) is 4.98 Å². The number of alkyl halides is 3. The molecular formula is C22H18F3N3O2. The van der Waals surface area contributed by atoms with Crippen molar-refractivity contribution in [2.75, 3.05) is 11.4 Å². The second kappa shape index (κ2) is 7.70. The third-order valence-electron chi connectivity index (χ3n) is 4.92. The van der Waals surface area contributed by atoms with E-state index in [1.807, 2.05) is 23.1 Å². The molecule has 0 unspecified atom stereocenters. The Bertz CT molecular complexity index is 1100. The number of hydrogen-bond acceptors (Lipinski definition) is 4. The Morgan fingerprint density at radius 3 is 2.63 bits per heavy atom. The number of carbonyl (C=O) groups excluding carboxylic acids is 1. The number of rotatable bonds is 5. The molecule has 2 N–H and O–H groups in total. The number of halogens is 3. The first kappa shape index (κ1) is 19.8. The number of fused-ring (bicyclic) bond motifs is 1. The number of anilines is 2. The first-order chi connectivity index (χ1) is 14.3. The lowest BCUT2D eigenvalue weighted by atomic mass is 10.0. The topological polar surface area (TPSA) is 68.5 Å².